The fourth-order valence-corrected chi connectivity index (χ4v) is 16.8. The molecule has 0 amide bonds. The Morgan fingerprint density at radius 1 is 0.458 bits per heavy atom. The number of rotatable bonds is 8. The van der Waals surface area contributed by atoms with Gasteiger partial charge in [-0.3, -0.25) is 0 Å². The Kier molecular flexibility index (Phi) is 19.4. The van der Waals surface area contributed by atoms with Crippen LogP contribution in [0.2, 0.25) is 76.6 Å². The molecule has 2 radical (unpaired) electrons. The van der Waals surface area contributed by atoms with E-state index in [-0.39, 0.29) is 34.1 Å². The van der Waals surface area contributed by atoms with Gasteiger partial charge in [-0.2, -0.15) is 0 Å². The maximum Gasteiger partial charge on any atom is 0 e. The molecule has 0 heterocycles. The predicted molar refractivity (Wildman–Crippen MR) is 117 cm³/mol. The molecule has 24 heavy (non-hydrogen) atoms. The van der Waals surface area contributed by atoms with Crippen molar-refractivity contribution < 1.29 is 34.1 Å². The number of hydrogen-bond donors (Lipinski definition) is 0. The van der Waals surface area contributed by atoms with E-state index in [0.29, 0.717) is 0 Å². The molecule has 0 aromatic heterocycles. The van der Waals surface area contributed by atoms with Crippen LogP contribution in [0.3, 0.4) is 0 Å². The molecular weight excluding hydrogens is 460 g/mol. The van der Waals surface area contributed by atoms with Gasteiger partial charge in [-0.05, 0) is 0 Å². The first-order valence-corrected chi connectivity index (χ1v) is 20.9. The first kappa shape index (κ1) is 33.4. The third-order valence-electron chi connectivity index (χ3n) is 3.66. The monoisotopic (exact) mass is 498 g/mol. The second-order valence-corrected chi connectivity index (χ2v) is 26.8. The largest absolute Gasteiger partial charge is 0.670 e. The van der Waals surface area contributed by atoms with Gasteiger partial charge in [-0.25, -0.2) is 24.2 Å². The summed E-state index contributed by atoms with van der Waals surface area (Å²) in [7, 11) is -5.19. The van der Waals surface area contributed by atoms with Gasteiger partial charge < -0.3 is 37.0 Å². The van der Waals surface area contributed by atoms with Gasteiger partial charge in [-0.15, -0.1) is 0 Å². The molecule has 0 aliphatic carbocycles. The molecule has 0 aliphatic rings. The van der Waals surface area contributed by atoms with Crippen LogP contribution in [0.25, 0.3) is 9.30 Å². The van der Waals surface area contributed by atoms with E-state index in [2.05, 4.69) is 80.1 Å². The molecule has 0 aromatic rings. The second-order valence-electron chi connectivity index (χ2n) is 8.47. The van der Waals surface area contributed by atoms with E-state index >= 15 is 0 Å². The zero-order valence-electron chi connectivity index (χ0n) is 17.2. The van der Waals surface area contributed by atoms with Crippen LogP contribution < -0.4 is 0 Å². The van der Waals surface area contributed by atoms with E-state index in [9.17, 15) is 0 Å². The molecule has 0 atom stereocenters. The third-order valence-corrected chi connectivity index (χ3v) is 18.2. The van der Waals surface area contributed by atoms with Crippen LogP contribution in [0.4, 0.5) is 0 Å². The van der Waals surface area contributed by atoms with E-state index in [1.807, 2.05) is 0 Å². The summed E-state index contributed by atoms with van der Waals surface area (Å²) in [5, 5.41) is 0. The molecule has 0 saturated heterocycles. The minimum absolute atomic E-state index is 0. The topological polar surface area (TPSA) is 28.2 Å². The molecule has 0 spiro atoms. The van der Waals surface area contributed by atoms with Crippen molar-refractivity contribution >= 4 is 32.9 Å². The smallest absolute Gasteiger partial charge is 0 e. The first-order chi connectivity index (χ1) is 9.66. The van der Waals surface area contributed by atoms with Crippen LogP contribution in [0, 0.1) is 27.7 Å². The fraction of sp³-hybridized carbons (Fsp3) is 0.750. The van der Waals surface area contributed by atoms with Gasteiger partial charge in [-0.1, -0.05) is 85.3 Å². The molecule has 0 aliphatic heterocycles. The van der Waals surface area contributed by atoms with Crippen molar-refractivity contribution in [1.82, 2.24) is 0 Å². The van der Waals surface area contributed by atoms with Crippen LogP contribution in [0.5, 0.6) is 0 Å². The van der Waals surface area contributed by atoms with E-state index in [1.165, 1.54) is 0 Å². The van der Waals surface area contributed by atoms with Crippen molar-refractivity contribution in [2.45, 2.75) is 76.6 Å². The van der Waals surface area contributed by atoms with E-state index in [1.54, 1.807) is 0 Å². The standard InChI is InChI=1S/2C8H20NSi2.2Cu/c2*1-7-10(3,4)9-11(5,6)8-2;;/h2*1-2,7-8H2,3-6H3;;/q2*-3;;. The molecular formula is C16H40Cu2N2Si4-6. The zero-order valence-corrected chi connectivity index (χ0v) is 23.0. The van der Waals surface area contributed by atoms with Gasteiger partial charge in [0.25, 0.3) is 0 Å². The fourth-order valence-electron chi connectivity index (χ4n) is 1.86. The average Bonchev–Trinajstić information content (AvgIpc) is 2.37. The second kappa shape index (κ2) is 13.9. The SMILES string of the molecule is [CH2-]C[Si](C)(C)[N-][Si](C)(C)C[CH2-].[CH2-]C[Si](C)(C)[N-][Si](C)(C)C[CH2-].[Cu].[Cu]. The summed E-state index contributed by atoms with van der Waals surface area (Å²) < 4.78 is 9.86. The Bertz CT molecular complexity index is 254. The first-order valence-electron chi connectivity index (χ1n) is 8.31. The van der Waals surface area contributed by atoms with Gasteiger partial charge >= 0.3 is 0 Å². The van der Waals surface area contributed by atoms with Crippen molar-refractivity contribution in [3.05, 3.63) is 37.0 Å². The predicted octanol–water partition coefficient (Wildman–Crippen LogP) is 6.87. The van der Waals surface area contributed by atoms with Gasteiger partial charge in [0.2, 0.25) is 0 Å². The van der Waals surface area contributed by atoms with Gasteiger partial charge in [0, 0.05) is 34.1 Å². The maximum atomic E-state index is 4.93. The molecule has 0 unspecified atom stereocenters. The van der Waals surface area contributed by atoms with E-state index in [0.717, 1.165) is 24.2 Å². The van der Waals surface area contributed by atoms with Crippen molar-refractivity contribution in [2.75, 3.05) is 0 Å². The van der Waals surface area contributed by atoms with Gasteiger partial charge in [0.15, 0.2) is 0 Å². The molecule has 0 fully saturated rings. The van der Waals surface area contributed by atoms with Crippen molar-refractivity contribution in [2.24, 2.45) is 0 Å². The summed E-state index contributed by atoms with van der Waals surface area (Å²) in [5.41, 5.74) is 0. The Morgan fingerprint density at radius 3 is 0.667 bits per heavy atom. The zero-order chi connectivity index (χ0) is 18.2. The van der Waals surface area contributed by atoms with Crippen LogP contribution >= 0.6 is 0 Å². The summed E-state index contributed by atoms with van der Waals surface area (Å²) in [4.78, 5) is 0. The third kappa shape index (κ3) is 18.6. The summed E-state index contributed by atoms with van der Waals surface area (Å²) >= 11 is 0. The summed E-state index contributed by atoms with van der Waals surface area (Å²) in [5.74, 6) is 0. The number of nitrogens with zero attached hydrogens (tertiary/aromatic N) is 2. The summed E-state index contributed by atoms with van der Waals surface area (Å²) in [6, 6.07) is 4.07. The van der Waals surface area contributed by atoms with Gasteiger partial charge in [0.1, 0.15) is 0 Å². The van der Waals surface area contributed by atoms with Crippen molar-refractivity contribution in [3.8, 4) is 0 Å². The Hall–Kier alpha value is 1.83. The minimum Gasteiger partial charge on any atom is -0.670 e. The van der Waals surface area contributed by atoms with E-state index in [4.69, 9.17) is 9.30 Å². The molecule has 0 saturated carbocycles. The minimum atomic E-state index is -1.30. The Balaban J connectivity index is -0.000000154. The molecule has 158 valence electrons. The van der Waals surface area contributed by atoms with Crippen LogP contribution in [-0.2, 0) is 34.1 Å². The summed E-state index contributed by atoms with van der Waals surface area (Å²) in [6.07, 6.45) is 0. The maximum absolute atomic E-state index is 4.93. The van der Waals surface area contributed by atoms with Crippen molar-refractivity contribution in [1.29, 1.82) is 0 Å². The van der Waals surface area contributed by atoms with Crippen LogP contribution in [0.1, 0.15) is 0 Å². The van der Waals surface area contributed by atoms with Crippen molar-refractivity contribution in [3.63, 3.8) is 0 Å². The van der Waals surface area contributed by atoms with Crippen LogP contribution in [0.15, 0.2) is 0 Å². The molecule has 0 bridgehead atoms. The quantitative estimate of drug-likeness (QED) is 0.257. The molecule has 0 rings (SSSR count). The Morgan fingerprint density at radius 2 is 0.583 bits per heavy atom. The van der Waals surface area contributed by atoms with Crippen LogP contribution in [-0.4, -0.2) is 32.9 Å². The average molecular weight is 500 g/mol. The van der Waals surface area contributed by atoms with E-state index < -0.39 is 32.9 Å². The molecule has 0 aromatic carbocycles. The molecule has 2 nitrogen and oxygen atoms in total. The normalized spacial score (nSPS) is 12.5. The number of hydrogen-bond acceptors (Lipinski definition) is 0. The summed E-state index contributed by atoms with van der Waals surface area (Å²) in [6.45, 7) is 34.0. The van der Waals surface area contributed by atoms with Gasteiger partial charge in [0.05, 0.1) is 0 Å². The Labute approximate surface area is 179 Å². The molecule has 8 heteroatoms. The molecule has 0 N–H and O–H groups in total.